The van der Waals surface area contributed by atoms with E-state index < -0.39 is 11.9 Å². The van der Waals surface area contributed by atoms with Crippen LogP contribution >= 0.6 is 0 Å². The van der Waals surface area contributed by atoms with E-state index in [-0.39, 0.29) is 29.5 Å². The van der Waals surface area contributed by atoms with E-state index in [2.05, 4.69) is 5.32 Å². The SMILES string of the molecule is CC(CCCC(=O)O)NC(=O)c1c(O)cccc1O. The molecule has 1 aromatic rings. The van der Waals surface area contributed by atoms with E-state index in [1.165, 1.54) is 18.2 Å². The van der Waals surface area contributed by atoms with Gasteiger partial charge in [0.15, 0.2) is 0 Å². The van der Waals surface area contributed by atoms with Crippen LogP contribution in [0.5, 0.6) is 11.5 Å². The van der Waals surface area contributed by atoms with Crippen molar-refractivity contribution in [2.45, 2.75) is 32.2 Å². The van der Waals surface area contributed by atoms with Crippen LogP contribution in [0.3, 0.4) is 0 Å². The summed E-state index contributed by atoms with van der Waals surface area (Å²) in [5, 5.41) is 30.2. The maximum absolute atomic E-state index is 11.8. The minimum absolute atomic E-state index is 0.0437. The Balaban J connectivity index is 2.57. The van der Waals surface area contributed by atoms with E-state index in [1.54, 1.807) is 6.92 Å². The number of benzene rings is 1. The lowest BCUT2D eigenvalue weighted by molar-refractivity contribution is -0.137. The molecule has 0 saturated heterocycles. The highest BCUT2D eigenvalue weighted by Crippen LogP contribution is 2.26. The van der Waals surface area contributed by atoms with Gasteiger partial charge in [0.25, 0.3) is 5.91 Å². The van der Waals surface area contributed by atoms with Gasteiger partial charge in [-0.05, 0) is 31.9 Å². The molecular formula is C13H17NO5. The lowest BCUT2D eigenvalue weighted by atomic mass is 10.1. The largest absolute Gasteiger partial charge is 0.507 e. The van der Waals surface area contributed by atoms with Gasteiger partial charge in [-0.25, -0.2) is 0 Å². The average molecular weight is 267 g/mol. The van der Waals surface area contributed by atoms with Crippen LogP contribution < -0.4 is 5.32 Å². The maximum Gasteiger partial charge on any atom is 0.303 e. The molecule has 0 heterocycles. The maximum atomic E-state index is 11.8. The van der Waals surface area contributed by atoms with E-state index in [4.69, 9.17) is 5.11 Å². The molecule has 0 radical (unpaired) electrons. The summed E-state index contributed by atoms with van der Waals surface area (Å²) >= 11 is 0. The molecule has 0 aliphatic rings. The molecule has 0 aliphatic carbocycles. The summed E-state index contributed by atoms with van der Waals surface area (Å²) in [6, 6.07) is 3.80. The van der Waals surface area contributed by atoms with Crippen molar-refractivity contribution in [3.63, 3.8) is 0 Å². The molecule has 1 atom stereocenters. The van der Waals surface area contributed by atoms with Crippen LogP contribution in [-0.2, 0) is 4.79 Å². The van der Waals surface area contributed by atoms with Crippen LogP contribution in [0, 0.1) is 0 Å². The number of amides is 1. The van der Waals surface area contributed by atoms with Crippen LogP contribution in [0.25, 0.3) is 0 Å². The summed E-state index contributed by atoms with van der Waals surface area (Å²) in [6.45, 7) is 1.73. The number of phenols is 2. The first-order valence-electron chi connectivity index (χ1n) is 5.95. The Labute approximate surface area is 110 Å². The van der Waals surface area contributed by atoms with Crippen LogP contribution in [0.4, 0.5) is 0 Å². The first-order chi connectivity index (χ1) is 8.91. The van der Waals surface area contributed by atoms with Crippen molar-refractivity contribution in [2.24, 2.45) is 0 Å². The van der Waals surface area contributed by atoms with Gasteiger partial charge in [0.1, 0.15) is 17.1 Å². The van der Waals surface area contributed by atoms with E-state index in [1.807, 2.05) is 0 Å². The highest BCUT2D eigenvalue weighted by atomic mass is 16.4. The number of carboxylic acid groups (broad SMARTS) is 1. The van der Waals surface area contributed by atoms with Crippen LogP contribution in [-0.4, -0.2) is 33.2 Å². The number of aliphatic carboxylic acids is 1. The van der Waals surface area contributed by atoms with Crippen molar-refractivity contribution in [1.29, 1.82) is 0 Å². The molecule has 1 aromatic carbocycles. The fourth-order valence-electron chi connectivity index (χ4n) is 1.69. The Morgan fingerprint density at radius 3 is 2.37 bits per heavy atom. The zero-order valence-electron chi connectivity index (χ0n) is 10.6. The zero-order valence-corrected chi connectivity index (χ0v) is 10.6. The molecule has 19 heavy (non-hydrogen) atoms. The molecule has 1 unspecified atom stereocenters. The lowest BCUT2D eigenvalue weighted by Gasteiger charge is -2.14. The minimum Gasteiger partial charge on any atom is -0.507 e. The van der Waals surface area contributed by atoms with Gasteiger partial charge in [0.05, 0.1) is 0 Å². The van der Waals surface area contributed by atoms with Crippen molar-refractivity contribution in [3.05, 3.63) is 23.8 Å². The van der Waals surface area contributed by atoms with E-state index in [9.17, 15) is 19.8 Å². The lowest BCUT2D eigenvalue weighted by Crippen LogP contribution is -2.32. The molecule has 0 spiro atoms. The number of phenolic OH excluding ortho intramolecular Hbond substituents is 2. The van der Waals surface area contributed by atoms with E-state index in [0.717, 1.165) is 0 Å². The fraction of sp³-hybridized carbons (Fsp3) is 0.385. The molecule has 1 rings (SSSR count). The van der Waals surface area contributed by atoms with Gasteiger partial charge in [-0.3, -0.25) is 9.59 Å². The van der Waals surface area contributed by atoms with Crippen molar-refractivity contribution in [1.82, 2.24) is 5.32 Å². The number of carbonyl (C=O) groups excluding carboxylic acids is 1. The van der Waals surface area contributed by atoms with Gasteiger partial charge >= 0.3 is 5.97 Å². The summed E-state index contributed by atoms with van der Waals surface area (Å²) in [7, 11) is 0. The second-order valence-electron chi connectivity index (χ2n) is 4.33. The summed E-state index contributed by atoms with van der Waals surface area (Å²) in [5.74, 6) is -2.05. The van der Waals surface area contributed by atoms with Gasteiger partial charge < -0.3 is 20.6 Å². The Hall–Kier alpha value is -2.24. The molecule has 6 nitrogen and oxygen atoms in total. The van der Waals surface area contributed by atoms with Crippen LogP contribution in [0.15, 0.2) is 18.2 Å². The first kappa shape index (κ1) is 14.8. The smallest absolute Gasteiger partial charge is 0.303 e. The Kier molecular flexibility index (Phi) is 5.17. The first-order valence-corrected chi connectivity index (χ1v) is 5.95. The van der Waals surface area contributed by atoms with Crippen LogP contribution in [0.1, 0.15) is 36.5 Å². The van der Waals surface area contributed by atoms with Crippen LogP contribution in [0.2, 0.25) is 0 Å². The highest BCUT2D eigenvalue weighted by molar-refractivity contribution is 5.99. The third-order valence-corrected chi connectivity index (χ3v) is 2.65. The molecule has 0 fully saturated rings. The van der Waals surface area contributed by atoms with E-state index in [0.29, 0.717) is 12.8 Å². The number of aromatic hydroxyl groups is 2. The van der Waals surface area contributed by atoms with Gasteiger partial charge in [-0.2, -0.15) is 0 Å². The summed E-state index contributed by atoms with van der Waals surface area (Å²) < 4.78 is 0. The molecule has 1 amide bonds. The number of hydrogen-bond acceptors (Lipinski definition) is 4. The summed E-state index contributed by atoms with van der Waals surface area (Å²) in [5.41, 5.74) is -0.174. The van der Waals surface area contributed by atoms with Crippen molar-refractivity contribution >= 4 is 11.9 Å². The second kappa shape index (κ2) is 6.63. The molecule has 4 N–H and O–H groups in total. The molecule has 0 aromatic heterocycles. The predicted octanol–water partition coefficient (Wildman–Crippen LogP) is 1.47. The molecule has 6 heteroatoms. The highest BCUT2D eigenvalue weighted by Gasteiger charge is 2.17. The van der Waals surface area contributed by atoms with Gasteiger partial charge in [0.2, 0.25) is 0 Å². The number of rotatable bonds is 6. The summed E-state index contributed by atoms with van der Waals surface area (Å²) in [4.78, 5) is 22.2. The van der Waals surface area contributed by atoms with E-state index >= 15 is 0 Å². The topological polar surface area (TPSA) is 107 Å². The predicted molar refractivity (Wildman–Crippen MR) is 68.2 cm³/mol. The monoisotopic (exact) mass is 267 g/mol. The molecule has 0 bridgehead atoms. The number of carbonyl (C=O) groups is 2. The Morgan fingerprint density at radius 1 is 1.26 bits per heavy atom. The number of carboxylic acids is 1. The third-order valence-electron chi connectivity index (χ3n) is 2.65. The number of hydrogen-bond donors (Lipinski definition) is 4. The Morgan fingerprint density at radius 2 is 1.84 bits per heavy atom. The van der Waals surface area contributed by atoms with Gasteiger partial charge in [-0.1, -0.05) is 6.07 Å². The Bertz CT molecular complexity index is 452. The molecule has 0 saturated carbocycles. The summed E-state index contributed by atoms with van der Waals surface area (Å²) in [6.07, 6.45) is 0.998. The third kappa shape index (κ3) is 4.50. The standard InChI is InChI=1S/C13H17NO5/c1-8(4-2-7-11(17)18)14-13(19)12-9(15)5-3-6-10(12)16/h3,5-6,8,15-16H,2,4,7H2,1H3,(H,14,19)(H,17,18). The van der Waals surface area contributed by atoms with Gasteiger partial charge in [-0.15, -0.1) is 0 Å². The van der Waals surface area contributed by atoms with Crippen molar-refractivity contribution in [2.75, 3.05) is 0 Å². The van der Waals surface area contributed by atoms with Crippen molar-refractivity contribution < 1.29 is 24.9 Å². The molecule has 0 aliphatic heterocycles. The quantitative estimate of drug-likeness (QED) is 0.624. The van der Waals surface area contributed by atoms with Gasteiger partial charge in [0, 0.05) is 12.5 Å². The number of nitrogens with one attached hydrogen (secondary N) is 1. The second-order valence-corrected chi connectivity index (χ2v) is 4.33. The minimum atomic E-state index is -0.878. The fourth-order valence-corrected chi connectivity index (χ4v) is 1.69. The normalized spacial score (nSPS) is 11.8. The zero-order chi connectivity index (χ0) is 14.4. The molecular weight excluding hydrogens is 250 g/mol. The van der Waals surface area contributed by atoms with Crippen molar-refractivity contribution in [3.8, 4) is 11.5 Å². The molecule has 104 valence electrons. The average Bonchev–Trinajstić information content (AvgIpc) is 2.27.